The fraction of sp³-hybridized carbons (Fsp3) is 0.348. The molecule has 2 aliphatic heterocycles. The number of fused-ring (bicyclic) bond motifs is 5. The summed E-state index contributed by atoms with van der Waals surface area (Å²) in [4.78, 5) is 17.5. The summed E-state index contributed by atoms with van der Waals surface area (Å²) >= 11 is 0. The first kappa shape index (κ1) is 17.7. The van der Waals surface area contributed by atoms with E-state index in [0.29, 0.717) is 12.6 Å². The second-order valence-electron chi connectivity index (χ2n) is 8.35. The van der Waals surface area contributed by atoms with Crippen molar-refractivity contribution >= 4 is 22.9 Å². The van der Waals surface area contributed by atoms with Gasteiger partial charge in [0.05, 0.1) is 6.67 Å². The zero-order valence-corrected chi connectivity index (χ0v) is 16.9. The van der Waals surface area contributed by atoms with Crippen molar-refractivity contribution in [1.82, 2.24) is 20.2 Å². The van der Waals surface area contributed by atoms with Crippen LogP contribution in [0.1, 0.15) is 31.0 Å². The van der Waals surface area contributed by atoms with Gasteiger partial charge < -0.3 is 5.32 Å². The Morgan fingerprint density at radius 3 is 2.97 bits per heavy atom. The molecule has 0 bridgehead atoms. The minimum atomic E-state index is 0.209. The molecule has 0 amide bonds. The second kappa shape index (κ2) is 7.25. The summed E-state index contributed by atoms with van der Waals surface area (Å²) in [7, 11) is 0. The number of aromatic amines is 1. The Morgan fingerprint density at radius 1 is 1.13 bits per heavy atom. The molecule has 2 unspecified atom stereocenters. The number of aliphatic imine (C=N–C) groups is 1. The van der Waals surface area contributed by atoms with Crippen LogP contribution in [0.3, 0.4) is 0 Å². The Labute approximate surface area is 175 Å². The van der Waals surface area contributed by atoms with E-state index in [4.69, 9.17) is 4.99 Å². The minimum Gasteiger partial charge on any atom is -0.310 e. The molecule has 30 heavy (non-hydrogen) atoms. The third-order valence-electron chi connectivity index (χ3n) is 6.35. The molecule has 2 atom stereocenters. The van der Waals surface area contributed by atoms with E-state index in [-0.39, 0.29) is 6.17 Å². The van der Waals surface area contributed by atoms with Crippen molar-refractivity contribution < 1.29 is 4.57 Å². The maximum atomic E-state index is 4.93. The summed E-state index contributed by atoms with van der Waals surface area (Å²) in [6.07, 6.45) is 12.0. The SMILES string of the molecule is C1=CCC(C2NC3=NCN(Cc4cccnc4)CN3c3[nH]c4ccccc4[n+]32)CC1. The van der Waals surface area contributed by atoms with Gasteiger partial charge in [0.2, 0.25) is 0 Å². The Bertz CT molecular complexity index is 1120. The number of guanidine groups is 1. The lowest BCUT2D eigenvalue weighted by atomic mass is 9.91. The van der Waals surface area contributed by atoms with Crippen molar-refractivity contribution in [3.63, 3.8) is 0 Å². The Morgan fingerprint density at radius 2 is 2.10 bits per heavy atom. The monoisotopic (exact) mass is 400 g/mol. The number of anilines is 1. The number of hydrogen-bond acceptors (Lipinski definition) is 5. The van der Waals surface area contributed by atoms with Crippen molar-refractivity contribution in [2.45, 2.75) is 32.0 Å². The molecule has 0 saturated heterocycles. The normalized spacial score (nSPS) is 23.6. The Kier molecular flexibility index (Phi) is 4.27. The number of rotatable bonds is 3. The van der Waals surface area contributed by atoms with E-state index in [0.717, 1.165) is 43.5 Å². The second-order valence-corrected chi connectivity index (χ2v) is 8.35. The Hall–Kier alpha value is -3.19. The van der Waals surface area contributed by atoms with Crippen molar-refractivity contribution in [3.8, 4) is 0 Å². The van der Waals surface area contributed by atoms with Crippen LogP contribution in [-0.4, -0.2) is 34.2 Å². The van der Waals surface area contributed by atoms with Gasteiger partial charge in [-0.15, -0.1) is 0 Å². The van der Waals surface area contributed by atoms with Crippen molar-refractivity contribution in [2.75, 3.05) is 18.2 Å². The smallest absolute Gasteiger partial charge is 0.310 e. The van der Waals surface area contributed by atoms with E-state index in [2.05, 4.69) is 72.1 Å². The first-order valence-electron chi connectivity index (χ1n) is 10.7. The highest BCUT2D eigenvalue weighted by atomic mass is 15.5. The summed E-state index contributed by atoms with van der Waals surface area (Å²) in [6, 6.07) is 12.7. The van der Waals surface area contributed by atoms with Gasteiger partial charge >= 0.3 is 5.95 Å². The molecular formula is C23H26N7+. The van der Waals surface area contributed by atoms with Gasteiger partial charge in [-0.3, -0.25) is 4.98 Å². The number of pyridine rings is 1. The van der Waals surface area contributed by atoms with Gasteiger partial charge in [-0.2, -0.15) is 4.90 Å². The summed E-state index contributed by atoms with van der Waals surface area (Å²) in [5.41, 5.74) is 3.61. The van der Waals surface area contributed by atoms with Gasteiger partial charge in [0, 0.05) is 24.9 Å². The van der Waals surface area contributed by atoms with Crippen LogP contribution in [0, 0.1) is 5.92 Å². The van der Waals surface area contributed by atoms with Gasteiger partial charge in [0.1, 0.15) is 17.7 Å². The lowest BCUT2D eigenvalue weighted by Crippen LogP contribution is -2.66. The molecule has 7 nitrogen and oxygen atoms in total. The van der Waals surface area contributed by atoms with E-state index < -0.39 is 0 Å². The van der Waals surface area contributed by atoms with Gasteiger partial charge in [-0.1, -0.05) is 30.4 Å². The molecule has 1 aromatic carbocycles. The molecule has 3 aromatic rings. The van der Waals surface area contributed by atoms with Crippen LogP contribution >= 0.6 is 0 Å². The topological polar surface area (TPSA) is 63.4 Å². The van der Waals surface area contributed by atoms with Gasteiger partial charge in [0.25, 0.3) is 5.96 Å². The number of imidazole rings is 1. The average Bonchev–Trinajstić information content (AvgIpc) is 3.20. The summed E-state index contributed by atoms with van der Waals surface area (Å²) in [5.74, 6) is 2.64. The van der Waals surface area contributed by atoms with Crippen LogP contribution in [0.5, 0.6) is 0 Å². The summed E-state index contributed by atoms with van der Waals surface area (Å²) in [5, 5.41) is 3.79. The quantitative estimate of drug-likeness (QED) is 0.524. The molecule has 7 heteroatoms. The van der Waals surface area contributed by atoms with Gasteiger partial charge in [-0.05, 0) is 43.0 Å². The molecule has 2 aromatic heterocycles. The number of H-pyrrole nitrogens is 1. The van der Waals surface area contributed by atoms with Crippen molar-refractivity contribution in [3.05, 3.63) is 66.5 Å². The lowest BCUT2D eigenvalue weighted by molar-refractivity contribution is -0.700. The van der Waals surface area contributed by atoms with Crippen molar-refractivity contribution in [1.29, 1.82) is 0 Å². The lowest BCUT2D eigenvalue weighted by Gasteiger charge is -2.39. The van der Waals surface area contributed by atoms with Gasteiger partial charge in [-0.25, -0.2) is 19.4 Å². The molecule has 3 aliphatic rings. The fourth-order valence-corrected chi connectivity index (χ4v) is 4.90. The Balaban J connectivity index is 1.38. The average molecular weight is 401 g/mol. The van der Waals surface area contributed by atoms with Gasteiger partial charge in [0.15, 0.2) is 6.17 Å². The predicted octanol–water partition coefficient (Wildman–Crippen LogP) is 2.90. The highest BCUT2D eigenvalue weighted by molar-refractivity contribution is 5.96. The zero-order chi connectivity index (χ0) is 19.9. The number of benzene rings is 1. The standard InChI is InChI=1S/C23H25N7/c1-2-8-18(9-3-1)21-27-22-25-15-28(14-17-7-6-12-24-13-17)16-29(22)23-26-19-10-4-5-11-20(19)30(21)23/h1-2,4-7,10-13,18,21H,3,8-9,14-16H2,(H,25,27)/p+1. The largest absolute Gasteiger partial charge is 0.368 e. The first-order chi connectivity index (χ1) is 14.9. The summed E-state index contributed by atoms with van der Waals surface area (Å²) in [6.45, 7) is 2.30. The molecular weight excluding hydrogens is 374 g/mol. The van der Waals surface area contributed by atoms with E-state index in [1.54, 1.807) is 0 Å². The number of aromatic nitrogens is 3. The minimum absolute atomic E-state index is 0.209. The molecule has 152 valence electrons. The van der Waals surface area contributed by atoms with E-state index in [1.165, 1.54) is 17.5 Å². The molecule has 0 radical (unpaired) electrons. The molecule has 6 rings (SSSR count). The van der Waals surface area contributed by atoms with Crippen LogP contribution < -0.4 is 14.8 Å². The molecule has 1 aliphatic carbocycles. The van der Waals surface area contributed by atoms with E-state index >= 15 is 0 Å². The molecule has 0 fully saturated rings. The number of nitrogens with zero attached hydrogens (tertiary/aromatic N) is 5. The highest BCUT2D eigenvalue weighted by Gasteiger charge is 2.43. The van der Waals surface area contributed by atoms with Crippen molar-refractivity contribution in [2.24, 2.45) is 10.9 Å². The van der Waals surface area contributed by atoms with Crippen LogP contribution in [0.25, 0.3) is 11.0 Å². The maximum absolute atomic E-state index is 4.93. The molecule has 0 spiro atoms. The molecule has 4 heterocycles. The van der Waals surface area contributed by atoms with E-state index in [1.807, 2.05) is 18.5 Å². The summed E-state index contributed by atoms with van der Waals surface area (Å²) < 4.78 is 2.45. The fourth-order valence-electron chi connectivity index (χ4n) is 4.90. The van der Waals surface area contributed by atoms with Crippen LogP contribution in [0.4, 0.5) is 5.95 Å². The number of nitrogens with one attached hydrogen (secondary N) is 2. The highest BCUT2D eigenvalue weighted by Crippen LogP contribution is 2.31. The van der Waals surface area contributed by atoms with Crippen LogP contribution in [-0.2, 0) is 6.54 Å². The molecule has 2 N–H and O–H groups in total. The first-order valence-corrected chi connectivity index (χ1v) is 10.7. The molecule has 0 saturated carbocycles. The number of allylic oxidation sites excluding steroid dienone is 2. The third-order valence-corrected chi connectivity index (χ3v) is 6.35. The third kappa shape index (κ3) is 2.97. The zero-order valence-electron chi connectivity index (χ0n) is 16.9. The van der Waals surface area contributed by atoms with E-state index in [9.17, 15) is 0 Å². The predicted molar refractivity (Wildman–Crippen MR) is 117 cm³/mol. The van der Waals surface area contributed by atoms with Crippen LogP contribution in [0.15, 0.2) is 65.9 Å². The van der Waals surface area contributed by atoms with Crippen LogP contribution in [0.2, 0.25) is 0 Å². The number of para-hydroxylation sites is 2. The number of hydrogen-bond donors (Lipinski definition) is 2. The maximum Gasteiger partial charge on any atom is 0.368 e.